The second-order valence-corrected chi connectivity index (χ2v) is 9.21. The molecule has 0 aliphatic carbocycles. The van der Waals surface area contributed by atoms with Gasteiger partial charge in [-0.3, -0.25) is 19.9 Å². The lowest BCUT2D eigenvalue weighted by atomic mass is 9.98. The Bertz CT molecular complexity index is 910. The largest absolute Gasteiger partial charge is 0.344 e. The highest BCUT2D eigenvalue weighted by Crippen LogP contribution is 2.39. The van der Waals surface area contributed by atoms with Crippen molar-refractivity contribution in [3.05, 3.63) is 44.3 Å². The molecule has 1 fully saturated rings. The van der Waals surface area contributed by atoms with E-state index >= 15 is 0 Å². The molecule has 2 aliphatic heterocycles. The quantitative estimate of drug-likeness (QED) is 0.731. The molecule has 4 amide bonds. The molecule has 2 aromatic heterocycles. The number of rotatable bonds is 5. The molecule has 4 rings (SSSR count). The molecule has 0 saturated carbocycles. The number of nitrogens with zero attached hydrogens (tertiary/aromatic N) is 2. The summed E-state index contributed by atoms with van der Waals surface area (Å²) in [6, 6.07) is 5.65. The van der Waals surface area contributed by atoms with Crippen LogP contribution < -0.4 is 10.7 Å². The Hall–Kier alpha value is -2.23. The van der Waals surface area contributed by atoms with Crippen LogP contribution in [-0.2, 0) is 16.0 Å². The summed E-state index contributed by atoms with van der Waals surface area (Å²) in [5.41, 5.74) is 2.76. The zero-order valence-electron chi connectivity index (χ0n) is 15.7. The molecule has 1 saturated heterocycles. The molecule has 0 unspecified atom stereocenters. The molecule has 4 heterocycles. The van der Waals surface area contributed by atoms with Crippen LogP contribution in [0.15, 0.2) is 29.0 Å². The fraction of sp³-hybridized carbons (Fsp3) is 0.421. The molecular weight excluding hydrogens is 396 g/mol. The van der Waals surface area contributed by atoms with E-state index in [1.165, 1.54) is 15.3 Å². The van der Waals surface area contributed by atoms with Crippen LogP contribution >= 0.6 is 22.7 Å². The van der Waals surface area contributed by atoms with Crippen molar-refractivity contribution >= 4 is 40.5 Å². The predicted octanol–water partition coefficient (Wildman–Crippen LogP) is 2.51. The number of hydrogen-bond donors (Lipinski definition) is 2. The maximum absolute atomic E-state index is 12.7. The van der Waals surface area contributed by atoms with Crippen molar-refractivity contribution in [2.45, 2.75) is 38.3 Å². The number of carbonyl (C=O) groups excluding carboxylic acids is 3. The number of hydrazine groups is 1. The number of fused-ring (bicyclic) bond motifs is 1. The van der Waals surface area contributed by atoms with Crippen molar-refractivity contribution in [2.24, 2.45) is 0 Å². The van der Waals surface area contributed by atoms with Gasteiger partial charge in [-0.1, -0.05) is 13.0 Å². The molecular formula is C19H22N4O3S2. The lowest BCUT2D eigenvalue weighted by Crippen LogP contribution is -2.52. The standard InChI is InChI=1S/C19H22N4O3S2/c1-3-19(2)17(25)23(18(26)20-19)21-15(24)11-22-8-6-13-12(7-10-28-13)16(22)14-5-4-9-27-14/h4-5,7,9-10,16H,3,6,8,11H2,1-2H3,(H,20,26)(H,21,24)/t16-,19-/m0/s1. The van der Waals surface area contributed by atoms with E-state index in [2.05, 4.69) is 33.2 Å². The molecule has 2 atom stereocenters. The summed E-state index contributed by atoms with van der Waals surface area (Å²) in [7, 11) is 0. The fourth-order valence-electron chi connectivity index (χ4n) is 3.69. The molecule has 0 radical (unpaired) electrons. The molecule has 28 heavy (non-hydrogen) atoms. The minimum Gasteiger partial charge on any atom is -0.322 e. The van der Waals surface area contributed by atoms with Gasteiger partial charge in [-0.15, -0.1) is 22.7 Å². The number of carbonyl (C=O) groups is 3. The van der Waals surface area contributed by atoms with Crippen molar-refractivity contribution in [3.8, 4) is 0 Å². The maximum Gasteiger partial charge on any atom is 0.344 e. The number of nitrogens with one attached hydrogen (secondary N) is 2. The smallest absolute Gasteiger partial charge is 0.322 e. The summed E-state index contributed by atoms with van der Waals surface area (Å²) in [4.78, 5) is 42.0. The van der Waals surface area contributed by atoms with Gasteiger partial charge in [0.2, 0.25) is 0 Å². The molecule has 2 N–H and O–H groups in total. The number of thiophene rings is 2. The topological polar surface area (TPSA) is 81.8 Å². The molecule has 0 aromatic carbocycles. The normalized spacial score (nSPS) is 24.9. The first-order valence-corrected chi connectivity index (χ1v) is 11.0. The fourth-order valence-corrected chi connectivity index (χ4v) is 5.47. The van der Waals surface area contributed by atoms with Crippen LogP contribution in [-0.4, -0.2) is 46.4 Å². The Labute approximate surface area is 171 Å². The minimum absolute atomic E-state index is 0.0183. The molecule has 148 valence electrons. The summed E-state index contributed by atoms with van der Waals surface area (Å²) >= 11 is 3.41. The predicted molar refractivity (Wildman–Crippen MR) is 108 cm³/mol. The molecule has 0 bridgehead atoms. The monoisotopic (exact) mass is 418 g/mol. The van der Waals surface area contributed by atoms with E-state index in [-0.39, 0.29) is 18.5 Å². The third-order valence-electron chi connectivity index (χ3n) is 5.43. The molecule has 7 nitrogen and oxygen atoms in total. The SMILES string of the molecule is CC[C@]1(C)NC(=O)N(NC(=O)CN2CCc3sccc3[C@H]2c2cccs2)C1=O. The minimum atomic E-state index is -0.972. The Morgan fingerprint density at radius 3 is 2.82 bits per heavy atom. The van der Waals surface area contributed by atoms with Crippen LogP contribution in [0.1, 0.15) is 41.6 Å². The van der Waals surface area contributed by atoms with E-state index in [0.29, 0.717) is 6.42 Å². The summed E-state index contributed by atoms with van der Waals surface area (Å²) < 4.78 is 0. The van der Waals surface area contributed by atoms with Gasteiger partial charge in [0.25, 0.3) is 11.8 Å². The van der Waals surface area contributed by atoms with Crippen molar-refractivity contribution in [3.63, 3.8) is 0 Å². The lowest BCUT2D eigenvalue weighted by Gasteiger charge is -2.35. The summed E-state index contributed by atoms with van der Waals surface area (Å²) in [5, 5.41) is 7.58. The first-order chi connectivity index (χ1) is 13.4. The number of amides is 4. The Morgan fingerprint density at radius 2 is 2.14 bits per heavy atom. The van der Waals surface area contributed by atoms with Gasteiger partial charge in [0.15, 0.2) is 0 Å². The average Bonchev–Trinajstić information content (AvgIpc) is 3.40. The van der Waals surface area contributed by atoms with Crippen LogP contribution in [0.25, 0.3) is 0 Å². The summed E-state index contributed by atoms with van der Waals surface area (Å²) in [6.07, 6.45) is 1.34. The first-order valence-electron chi connectivity index (χ1n) is 9.23. The van der Waals surface area contributed by atoms with Crippen LogP contribution in [0.2, 0.25) is 0 Å². The van der Waals surface area contributed by atoms with Crippen LogP contribution in [0.4, 0.5) is 4.79 Å². The number of hydrogen-bond acceptors (Lipinski definition) is 6. The van der Waals surface area contributed by atoms with Gasteiger partial charge in [-0.25, -0.2) is 4.79 Å². The molecule has 9 heteroatoms. The summed E-state index contributed by atoms with van der Waals surface area (Å²) in [5.74, 6) is -0.800. The van der Waals surface area contributed by atoms with Gasteiger partial charge in [0, 0.05) is 16.3 Å². The van der Waals surface area contributed by atoms with E-state index < -0.39 is 17.5 Å². The van der Waals surface area contributed by atoms with Crippen molar-refractivity contribution in [1.29, 1.82) is 0 Å². The molecule has 2 aliphatic rings. The van der Waals surface area contributed by atoms with E-state index in [0.717, 1.165) is 18.0 Å². The van der Waals surface area contributed by atoms with Gasteiger partial charge in [-0.05, 0) is 48.2 Å². The Kier molecular flexibility index (Phi) is 4.98. The van der Waals surface area contributed by atoms with Gasteiger partial charge in [-0.2, -0.15) is 5.01 Å². The van der Waals surface area contributed by atoms with E-state index in [9.17, 15) is 14.4 Å². The maximum atomic E-state index is 12.7. The van der Waals surface area contributed by atoms with Gasteiger partial charge in [0.05, 0.1) is 12.6 Å². The van der Waals surface area contributed by atoms with Crippen LogP contribution in [0.3, 0.4) is 0 Å². The van der Waals surface area contributed by atoms with Gasteiger partial charge in [0.1, 0.15) is 5.54 Å². The Balaban J connectivity index is 1.50. The summed E-state index contributed by atoms with van der Waals surface area (Å²) in [6.45, 7) is 4.34. The van der Waals surface area contributed by atoms with E-state index in [1.54, 1.807) is 29.6 Å². The van der Waals surface area contributed by atoms with E-state index in [4.69, 9.17) is 0 Å². The number of urea groups is 1. The van der Waals surface area contributed by atoms with Crippen molar-refractivity contribution in [1.82, 2.24) is 20.7 Å². The highest BCUT2D eigenvalue weighted by molar-refractivity contribution is 7.10. The van der Waals surface area contributed by atoms with Crippen LogP contribution in [0.5, 0.6) is 0 Å². The number of imide groups is 1. The average molecular weight is 419 g/mol. The molecule has 2 aromatic rings. The third-order valence-corrected chi connectivity index (χ3v) is 7.35. The van der Waals surface area contributed by atoms with Crippen molar-refractivity contribution < 1.29 is 14.4 Å². The van der Waals surface area contributed by atoms with Gasteiger partial charge < -0.3 is 5.32 Å². The van der Waals surface area contributed by atoms with E-state index in [1.807, 2.05) is 18.4 Å². The second-order valence-electron chi connectivity index (χ2n) is 7.23. The zero-order valence-corrected chi connectivity index (χ0v) is 17.4. The van der Waals surface area contributed by atoms with Crippen LogP contribution in [0, 0.1) is 0 Å². The lowest BCUT2D eigenvalue weighted by molar-refractivity contribution is -0.139. The molecule has 0 spiro atoms. The van der Waals surface area contributed by atoms with Crippen molar-refractivity contribution in [2.75, 3.05) is 13.1 Å². The first kappa shape index (κ1) is 19.1. The van der Waals surface area contributed by atoms with Gasteiger partial charge >= 0.3 is 6.03 Å². The third kappa shape index (κ3) is 3.23. The highest BCUT2D eigenvalue weighted by atomic mass is 32.1. The Morgan fingerprint density at radius 1 is 1.32 bits per heavy atom. The highest BCUT2D eigenvalue weighted by Gasteiger charge is 2.47. The zero-order chi connectivity index (χ0) is 19.9. The second kappa shape index (κ2) is 7.31.